The molecule has 0 amide bonds. The van der Waals surface area contributed by atoms with E-state index >= 15 is 0 Å². The first-order valence-corrected chi connectivity index (χ1v) is 6.80. The lowest BCUT2D eigenvalue weighted by Gasteiger charge is -2.24. The lowest BCUT2D eigenvalue weighted by atomic mass is 10.1. The van der Waals surface area contributed by atoms with Gasteiger partial charge >= 0.3 is 6.18 Å². The van der Waals surface area contributed by atoms with Crippen molar-refractivity contribution in [2.24, 2.45) is 0 Å². The molecule has 1 saturated heterocycles. The highest BCUT2D eigenvalue weighted by molar-refractivity contribution is 5.56. The van der Waals surface area contributed by atoms with Gasteiger partial charge in [0, 0.05) is 12.6 Å². The molecule has 0 radical (unpaired) electrons. The zero-order valence-corrected chi connectivity index (χ0v) is 11.2. The summed E-state index contributed by atoms with van der Waals surface area (Å²) in [7, 11) is 0. The summed E-state index contributed by atoms with van der Waals surface area (Å²) in [6, 6.07) is 7.07. The molecule has 3 nitrogen and oxygen atoms in total. The quantitative estimate of drug-likeness (QED) is 0.873. The van der Waals surface area contributed by atoms with E-state index in [-0.39, 0.29) is 5.75 Å². The molecule has 0 spiro atoms. The number of para-hydroxylation sites is 2. The number of alkyl halides is 3. The summed E-state index contributed by atoms with van der Waals surface area (Å²) >= 11 is 0. The van der Waals surface area contributed by atoms with Gasteiger partial charge in [-0.1, -0.05) is 18.6 Å². The van der Waals surface area contributed by atoms with Gasteiger partial charge in [-0.25, -0.2) is 0 Å². The number of hydrogen-bond donors (Lipinski definition) is 2. The summed E-state index contributed by atoms with van der Waals surface area (Å²) in [5.74, 6) is 0.237. The molecule has 1 aromatic carbocycles. The number of benzene rings is 1. The lowest BCUT2D eigenvalue weighted by Crippen LogP contribution is -2.39. The number of nitrogens with one attached hydrogen (secondary N) is 2. The summed E-state index contributed by atoms with van der Waals surface area (Å²) in [4.78, 5) is 0. The smallest absolute Gasteiger partial charge is 0.422 e. The monoisotopic (exact) mass is 288 g/mol. The summed E-state index contributed by atoms with van der Waals surface area (Å²) in [5.41, 5.74) is 0.601. The van der Waals surface area contributed by atoms with E-state index < -0.39 is 12.8 Å². The number of piperidine rings is 1. The second-order valence-corrected chi connectivity index (χ2v) is 4.93. The second kappa shape index (κ2) is 6.83. The molecule has 1 fully saturated rings. The van der Waals surface area contributed by atoms with Crippen LogP contribution in [0.1, 0.15) is 19.3 Å². The van der Waals surface area contributed by atoms with Gasteiger partial charge in [0.05, 0.1) is 5.69 Å². The van der Waals surface area contributed by atoms with E-state index in [4.69, 9.17) is 4.74 Å². The largest absolute Gasteiger partial charge is 0.482 e. The summed E-state index contributed by atoms with van der Waals surface area (Å²) < 4.78 is 41.4. The SMILES string of the molecule is FC(F)(F)COc1ccccc1NCC1CCCCN1. The Bertz CT molecular complexity index is 417. The molecule has 0 aliphatic carbocycles. The Morgan fingerprint density at radius 3 is 2.75 bits per heavy atom. The van der Waals surface area contributed by atoms with Crippen LogP contribution in [0.25, 0.3) is 0 Å². The van der Waals surface area contributed by atoms with E-state index in [1.807, 2.05) is 0 Å². The second-order valence-electron chi connectivity index (χ2n) is 4.93. The maximum atomic E-state index is 12.2. The van der Waals surface area contributed by atoms with Crippen molar-refractivity contribution in [2.75, 3.05) is 25.0 Å². The molecule has 0 saturated carbocycles. The third-order valence-corrected chi connectivity index (χ3v) is 3.23. The Labute approximate surface area is 116 Å². The Hall–Kier alpha value is -1.43. The van der Waals surface area contributed by atoms with E-state index in [2.05, 4.69) is 10.6 Å². The minimum absolute atomic E-state index is 0.237. The number of halogens is 3. The van der Waals surface area contributed by atoms with Crippen LogP contribution in [0.2, 0.25) is 0 Å². The zero-order valence-electron chi connectivity index (χ0n) is 11.2. The van der Waals surface area contributed by atoms with E-state index in [0.717, 1.165) is 13.0 Å². The molecule has 112 valence electrons. The van der Waals surface area contributed by atoms with Crippen molar-refractivity contribution in [3.05, 3.63) is 24.3 Å². The molecule has 2 N–H and O–H groups in total. The van der Waals surface area contributed by atoms with E-state index in [0.29, 0.717) is 18.3 Å². The third-order valence-electron chi connectivity index (χ3n) is 3.23. The highest BCUT2D eigenvalue weighted by Gasteiger charge is 2.28. The van der Waals surface area contributed by atoms with Crippen LogP contribution in [0.3, 0.4) is 0 Å². The molecule has 2 rings (SSSR count). The van der Waals surface area contributed by atoms with Crippen LogP contribution >= 0.6 is 0 Å². The molecule has 1 unspecified atom stereocenters. The van der Waals surface area contributed by atoms with Gasteiger partial charge in [-0.3, -0.25) is 0 Å². The van der Waals surface area contributed by atoms with Crippen LogP contribution < -0.4 is 15.4 Å². The van der Waals surface area contributed by atoms with Gasteiger partial charge in [-0.05, 0) is 31.5 Å². The highest BCUT2D eigenvalue weighted by atomic mass is 19.4. The maximum absolute atomic E-state index is 12.2. The standard InChI is InChI=1S/C14H19F3N2O/c15-14(16,17)10-20-13-7-2-1-6-12(13)19-9-11-5-3-4-8-18-11/h1-2,6-7,11,18-19H,3-5,8-10H2. The fourth-order valence-corrected chi connectivity index (χ4v) is 2.23. The molecular weight excluding hydrogens is 269 g/mol. The van der Waals surface area contributed by atoms with Crippen LogP contribution in [-0.2, 0) is 0 Å². The zero-order chi connectivity index (χ0) is 14.4. The van der Waals surface area contributed by atoms with Crippen molar-refractivity contribution in [1.29, 1.82) is 0 Å². The van der Waals surface area contributed by atoms with Crippen LogP contribution in [0.5, 0.6) is 5.75 Å². The van der Waals surface area contributed by atoms with Gasteiger partial charge in [-0.2, -0.15) is 13.2 Å². The maximum Gasteiger partial charge on any atom is 0.422 e. The first-order chi connectivity index (χ1) is 9.54. The van der Waals surface area contributed by atoms with Crippen LogP contribution in [-0.4, -0.2) is 31.9 Å². The van der Waals surface area contributed by atoms with E-state index in [1.165, 1.54) is 12.8 Å². The average Bonchev–Trinajstić information content (AvgIpc) is 2.44. The predicted molar refractivity (Wildman–Crippen MR) is 72.1 cm³/mol. The average molecular weight is 288 g/mol. The molecule has 1 aromatic rings. The normalized spacial score (nSPS) is 19.6. The summed E-state index contributed by atoms with van der Waals surface area (Å²) in [5, 5.41) is 6.55. The van der Waals surface area contributed by atoms with Crippen molar-refractivity contribution in [2.45, 2.75) is 31.5 Å². The van der Waals surface area contributed by atoms with Crippen molar-refractivity contribution in [1.82, 2.24) is 5.32 Å². The van der Waals surface area contributed by atoms with E-state index in [9.17, 15) is 13.2 Å². The lowest BCUT2D eigenvalue weighted by molar-refractivity contribution is -0.153. The van der Waals surface area contributed by atoms with Crippen LogP contribution in [0.15, 0.2) is 24.3 Å². The summed E-state index contributed by atoms with van der Waals surface area (Å²) in [6.45, 7) is 0.415. The summed E-state index contributed by atoms with van der Waals surface area (Å²) in [6.07, 6.45) is -0.871. The Morgan fingerprint density at radius 1 is 1.25 bits per heavy atom. The minimum atomic E-state index is -4.32. The van der Waals surface area contributed by atoms with Crippen molar-refractivity contribution < 1.29 is 17.9 Å². The molecular formula is C14H19F3N2O. The van der Waals surface area contributed by atoms with Gasteiger partial charge in [0.1, 0.15) is 5.75 Å². The third kappa shape index (κ3) is 4.92. The number of hydrogen-bond acceptors (Lipinski definition) is 3. The molecule has 1 aliphatic heterocycles. The minimum Gasteiger partial charge on any atom is -0.482 e. The van der Waals surface area contributed by atoms with Gasteiger partial charge in [0.15, 0.2) is 6.61 Å². The topological polar surface area (TPSA) is 33.3 Å². The van der Waals surface area contributed by atoms with Crippen molar-refractivity contribution in [3.63, 3.8) is 0 Å². The molecule has 20 heavy (non-hydrogen) atoms. The molecule has 0 aromatic heterocycles. The van der Waals surface area contributed by atoms with Crippen molar-refractivity contribution in [3.8, 4) is 5.75 Å². The van der Waals surface area contributed by atoms with E-state index in [1.54, 1.807) is 24.3 Å². The Kier molecular flexibility index (Phi) is 5.11. The fourth-order valence-electron chi connectivity index (χ4n) is 2.23. The molecule has 1 aliphatic rings. The van der Waals surface area contributed by atoms with Crippen LogP contribution in [0.4, 0.5) is 18.9 Å². The Balaban J connectivity index is 1.89. The molecule has 0 bridgehead atoms. The Morgan fingerprint density at radius 2 is 2.05 bits per heavy atom. The fraction of sp³-hybridized carbons (Fsp3) is 0.571. The first-order valence-electron chi connectivity index (χ1n) is 6.80. The number of rotatable bonds is 5. The number of ether oxygens (including phenoxy) is 1. The van der Waals surface area contributed by atoms with Crippen molar-refractivity contribution >= 4 is 5.69 Å². The molecule has 1 heterocycles. The van der Waals surface area contributed by atoms with Gasteiger partial charge in [-0.15, -0.1) is 0 Å². The first kappa shape index (κ1) is 15.0. The van der Waals surface area contributed by atoms with Gasteiger partial charge < -0.3 is 15.4 Å². The van der Waals surface area contributed by atoms with Gasteiger partial charge in [0.25, 0.3) is 0 Å². The van der Waals surface area contributed by atoms with Gasteiger partial charge in [0.2, 0.25) is 0 Å². The molecule has 6 heteroatoms. The van der Waals surface area contributed by atoms with Crippen LogP contribution in [0, 0.1) is 0 Å². The highest BCUT2D eigenvalue weighted by Crippen LogP contribution is 2.26. The molecule has 1 atom stereocenters. The number of anilines is 1. The predicted octanol–water partition coefficient (Wildman–Crippen LogP) is 3.18.